The van der Waals surface area contributed by atoms with E-state index < -0.39 is 0 Å². The summed E-state index contributed by atoms with van der Waals surface area (Å²) in [5, 5.41) is 0. The maximum atomic E-state index is 5.90. The van der Waals surface area contributed by atoms with Crippen LogP contribution in [0.3, 0.4) is 0 Å². The molecule has 1 heterocycles. The highest BCUT2D eigenvalue weighted by Crippen LogP contribution is 2.25. The first kappa shape index (κ1) is 15.8. The number of hydrogen-bond acceptors (Lipinski definition) is 3. The van der Waals surface area contributed by atoms with Crippen LogP contribution in [0.15, 0.2) is 73.1 Å². The third-order valence-electron chi connectivity index (χ3n) is 3.56. The number of rotatable bonds is 6. The second-order valence-corrected chi connectivity index (χ2v) is 5.33. The summed E-state index contributed by atoms with van der Waals surface area (Å²) in [6.45, 7) is 0.529. The van der Waals surface area contributed by atoms with Gasteiger partial charge in [0, 0.05) is 18.5 Å². The Morgan fingerprint density at radius 2 is 1.54 bits per heavy atom. The molecule has 0 fully saturated rings. The van der Waals surface area contributed by atoms with Crippen LogP contribution in [0, 0.1) is 0 Å². The molecule has 3 nitrogen and oxygen atoms in total. The molecule has 2 aromatic carbocycles. The van der Waals surface area contributed by atoms with Crippen LogP contribution in [0.2, 0.25) is 0 Å². The first-order chi connectivity index (χ1) is 11.8. The molecule has 0 bridgehead atoms. The van der Waals surface area contributed by atoms with Gasteiger partial charge in [-0.3, -0.25) is 4.98 Å². The number of aromatic nitrogens is 1. The molecule has 120 valence electrons. The second-order valence-electron chi connectivity index (χ2n) is 5.33. The Labute approximate surface area is 142 Å². The van der Waals surface area contributed by atoms with Crippen molar-refractivity contribution >= 4 is 12.2 Å². The Morgan fingerprint density at radius 3 is 2.29 bits per heavy atom. The van der Waals surface area contributed by atoms with Gasteiger partial charge in [-0.25, -0.2) is 0 Å². The lowest BCUT2D eigenvalue weighted by molar-refractivity contribution is 0.303. The molecular weight excluding hydrogens is 298 g/mol. The Morgan fingerprint density at radius 1 is 0.833 bits per heavy atom. The summed E-state index contributed by atoms with van der Waals surface area (Å²) in [7, 11) is 1.66. The lowest BCUT2D eigenvalue weighted by Gasteiger charge is -2.09. The van der Waals surface area contributed by atoms with Crippen molar-refractivity contribution < 1.29 is 9.47 Å². The lowest BCUT2D eigenvalue weighted by Crippen LogP contribution is -1.96. The zero-order chi connectivity index (χ0) is 16.6. The smallest absolute Gasteiger partial charge is 0.124 e. The second kappa shape index (κ2) is 7.97. The van der Waals surface area contributed by atoms with E-state index in [9.17, 15) is 0 Å². The summed E-state index contributed by atoms with van der Waals surface area (Å²) in [4.78, 5) is 4.02. The van der Waals surface area contributed by atoms with Gasteiger partial charge in [-0.05, 0) is 41.0 Å². The van der Waals surface area contributed by atoms with Crippen LogP contribution in [0.25, 0.3) is 12.2 Å². The van der Waals surface area contributed by atoms with Gasteiger partial charge in [-0.1, -0.05) is 42.5 Å². The van der Waals surface area contributed by atoms with Gasteiger partial charge in [-0.15, -0.1) is 0 Å². The maximum absolute atomic E-state index is 5.90. The van der Waals surface area contributed by atoms with Gasteiger partial charge in [0.1, 0.15) is 18.1 Å². The van der Waals surface area contributed by atoms with Gasteiger partial charge in [0.25, 0.3) is 0 Å². The summed E-state index contributed by atoms with van der Waals surface area (Å²) >= 11 is 0. The minimum absolute atomic E-state index is 0.529. The van der Waals surface area contributed by atoms with Gasteiger partial charge in [-0.2, -0.15) is 0 Å². The fourth-order valence-corrected chi connectivity index (χ4v) is 2.30. The van der Waals surface area contributed by atoms with E-state index in [1.165, 1.54) is 0 Å². The van der Waals surface area contributed by atoms with Crippen molar-refractivity contribution in [3.8, 4) is 11.5 Å². The number of methoxy groups -OCH3 is 1. The standard InChI is InChI=1S/C21H19NO2/c1-23-20-13-19(8-7-17-9-11-22-12-10-17)14-21(15-20)24-16-18-5-3-2-4-6-18/h2-15H,16H2,1H3. The summed E-state index contributed by atoms with van der Waals surface area (Å²) in [6, 6.07) is 19.9. The first-order valence-corrected chi connectivity index (χ1v) is 7.77. The maximum Gasteiger partial charge on any atom is 0.124 e. The topological polar surface area (TPSA) is 31.4 Å². The molecule has 3 aromatic rings. The molecule has 0 aliphatic carbocycles. The highest BCUT2D eigenvalue weighted by Gasteiger charge is 2.02. The Kier molecular flexibility index (Phi) is 5.25. The van der Waals surface area contributed by atoms with E-state index in [1.54, 1.807) is 19.5 Å². The van der Waals surface area contributed by atoms with Gasteiger partial charge in [0.2, 0.25) is 0 Å². The summed E-state index contributed by atoms with van der Waals surface area (Å²) < 4.78 is 11.3. The summed E-state index contributed by atoms with van der Waals surface area (Å²) in [6.07, 6.45) is 7.63. The number of benzene rings is 2. The van der Waals surface area contributed by atoms with E-state index in [1.807, 2.05) is 72.8 Å². The third-order valence-corrected chi connectivity index (χ3v) is 3.56. The van der Waals surface area contributed by atoms with Crippen molar-refractivity contribution in [2.24, 2.45) is 0 Å². The Hall–Kier alpha value is -3.07. The monoisotopic (exact) mass is 317 g/mol. The predicted molar refractivity (Wildman–Crippen MR) is 96.9 cm³/mol. The largest absolute Gasteiger partial charge is 0.497 e. The van der Waals surface area contributed by atoms with Crippen molar-refractivity contribution in [2.75, 3.05) is 7.11 Å². The molecule has 0 saturated carbocycles. The molecule has 0 radical (unpaired) electrons. The van der Waals surface area contributed by atoms with Crippen molar-refractivity contribution in [3.63, 3.8) is 0 Å². The van der Waals surface area contributed by atoms with E-state index in [0.29, 0.717) is 6.61 Å². The van der Waals surface area contributed by atoms with E-state index >= 15 is 0 Å². The molecule has 1 aromatic heterocycles. The van der Waals surface area contributed by atoms with Crippen molar-refractivity contribution in [2.45, 2.75) is 6.61 Å². The van der Waals surface area contributed by atoms with Crippen LogP contribution in [0.5, 0.6) is 11.5 Å². The predicted octanol–water partition coefficient (Wildman–Crippen LogP) is 4.84. The summed E-state index contributed by atoms with van der Waals surface area (Å²) in [5.74, 6) is 1.56. The zero-order valence-electron chi connectivity index (χ0n) is 13.6. The summed E-state index contributed by atoms with van der Waals surface area (Å²) in [5.41, 5.74) is 3.25. The minimum atomic E-state index is 0.529. The van der Waals surface area contributed by atoms with Crippen molar-refractivity contribution in [3.05, 3.63) is 89.7 Å². The van der Waals surface area contributed by atoms with Gasteiger partial charge >= 0.3 is 0 Å². The lowest BCUT2D eigenvalue weighted by atomic mass is 10.1. The average Bonchev–Trinajstić information content (AvgIpc) is 2.66. The molecule has 0 atom stereocenters. The molecule has 3 rings (SSSR count). The van der Waals surface area contributed by atoms with Crippen molar-refractivity contribution in [1.29, 1.82) is 0 Å². The number of ether oxygens (including phenoxy) is 2. The van der Waals surface area contributed by atoms with E-state index in [-0.39, 0.29) is 0 Å². The third kappa shape index (κ3) is 4.46. The molecule has 0 amide bonds. The van der Waals surface area contributed by atoms with Crippen LogP contribution in [0.4, 0.5) is 0 Å². The van der Waals surface area contributed by atoms with E-state index in [2.05, 4.69) is 4.98 Å². The fourth-order valence-electron chi connectivity index (χ4n) is 2.30. The molecule has 0 unspecified atom stereocenters. The van der Waals surface area contributed by atoms with Gasteiger partial charge in [0.15, 0.2) is 0 Å². The highest BCUT2D eigenvalue weighted by molar-refractivity contribution is 5.70. The number of nitrogens with zero attached hydrogens (tertiary/aromatic N) is 1. The van der Waals surface area contributed by atoms with Gasteiger partial charge < -0.3 is 9.47 Å². The average molecular weight is 317 g/mol. The van der Waals surface area contributed by atoms with E-state index in [0.717, 1.165) is 28.2 Å². The number of hydrogen-bond donors (Lipinski definition) is 0. The molecule has 0 aliphatic rings. The van der Waals surface area contributed by atoms with Crippen LogP contribution < -0.4 is 9.47 Å². The van der Waals surface area contributed by atoms with Crippen LogP contribution >= 0.6 is 0 Å². The van der Waals surface area contributed by atoms with Crippen LogP contribution in [0.1, 0.15) is 16.7 Å². The van der Waals surface area contributed by atoms with Crippen LogP contribution in [-0.4, -0.2) is 12.1 Å². The van der Waals surface area contributed by atoms with Crippen LogP contribution in [-0.2, 0) is 6.61 Å². The molecule has 0 N–H and O–H groups in total. The number of pyridine rings is 1. The SMILES string of the molecule is COc1cc(C=Cc2ccncc2)cc(OCc2ccccc2)c1. The first-order valence-electron chi connectivity index (χ1n) is 7.77. The van der Waals surface area contributed by atoms with Gasteiger partial charge in [0.05, 0.1) is 7.11 Å². The fraction of sp³-hybridized carbons (Fsp3) is 0.0952. The molecule has 24 heavy (non-hydrogen) atoms. The highest BCUT2D eigenvalue weighted by atomic mass is 16.5. The molecule has 0 saturated heterocycles. The Bertz CT molecular complexity index is 799. The molecular formula is C21H19NO2. The molecule has 0 spiro atoms. The van der Waals surface area contributed by atoms with Crippen molar-refractivity contribution in [1.82, 2.24) is 4.98 Å². The zero-order valence-corrected chi connectivity index (χ0v) is 13.6. The quantitative estimate of drug-likeness (QED) is 0.652. The molecule has 0 aliphatic heterocycles. The minimum Gasteiger partial charge on any atom is -0.497 e. The normalized spacial score (nSPS) is 10.7. The van der Waals surface area contributed by atoms with E-state index in [4.69, 9.17) is 9.47 Å². The Balaban J connectivity index is 1.76. The molecule has 3 heteroatoms.